The summed E-state index contributed by atoms with van der Waals surface area (Å²) in [6.45, 7) is 8.66. The number of amides is 1. The number of hydrogen-bond donors (Lipinski definition) is 0. The van der Waals surface area contributed by atoms with Gasteiger partial charge in [-0.2, -0.15) is 0 Å². The fraction of sp³-hybridized carbons (Fsp3) is 0.579. The summed E-state index contributed by atoms with van der Waals surface area (Å²) in [6, 6.07) is 8.00. The number of likely N-dealkylation sites (tertiary alicyclic amines) is 1. The molecule has 0 bridgehead atoms. The quantitative estimate of drug-likeness (QED) is 0.740. The number of rotatable bonds is 6. The van der Waals surface area contributed by atoms with Crippen molar-refractivity contribution in [1.82, 2.24) is 9.80 Å². The zero-order valence-corrected chi connectivity index (χ0v) is 15.6. The Bertz CT molecular complexity index is 606. The van der Waals surface area contributed by atoms with Crippen LogP contribution in [0.15, 0.2) is 24.3 Å². The first kappa shape index (κ1) is 19.2. The lowest BCUT2D eigenvalue weighted by Gasteiger charge is -2.32. The number of methoxy groups -OCH3 is 1. The van der Waals surface area contributed by atoms with Gasteiger partial charge in [-0.3, -0.25) is 14.6 Å². The minimum absolute atomic E-state index is 0.135. The van der Waals surface area contributed by atoms with Gasteiger partial charge in [0.05, 0.1) is 7.11 Å². The van der Waals surface area contributed by atoms with Crippen LogP contribution in [0.1, 0.15) is 38.3 Å². The molecule has 0 aliphatic carbocycles. The maximum absolute atomic E-state index is 12.5. The highest BCUT2D eigenvalue weighted by Gasteiger charge is 2.25. The molecule has 0 radical (unpaired) electrons. The second kappa shape index (κ2) is 8.34. The zero-order valence-electron chi connectivity index (χ0n) is 15.6. The molecule has 1 aromatic rings. The minimum Gasteiger partial charge on any atom is -0.468 e. The van der Waals surface area contributed by atoms with Gasteiger partial charge in [0.1, 0.15) is 12.1 Å². The van der Waals surface area contributed by atoms with Crippen molar-refractivity contribution in [3.63, 3.8) is 0 Å². The first-order valence-electron chi connectivity index (χ1n) is 8.62. The molecule has 0 unspecified atom stereocenters. The van der Waals surface area contributed by atoms with Crippen LogP contribution in [0.4, 0.5) is 4.79 Å². The minimum atomic E-state index is -0.622. The molecule has 1 aromatic carbocycles. The fourth-order valence-electron chi connectivity index (χ4n) is 2.58. The Labute approximate surface area is 149 Å². The van der Waals surface area contributed by atoms with Crippen LogP contribution >= 0.6 is 0 Å². The summed E-state index contributed by atoms with van der Waals surface area (Å²) >= 11 is 0. The van der Waals surface area contributed by atoms with E-state index in [-0.39, 0.29) is 6.54 Å². The molecule has 1 amide bonds. The number of nitrogens with zero attached hydrogens (tertiary/aromatic N) is 2. The molecule has 0 N–H and O–H groups in total. The van der Waals surface area contributed by atoms with Gasteiger partial charge in [-0.15, -0.1) is 0 Å². The van der Waals surface area contributed by atoms with Crippen molar-refractivity contribution < 1.29 is 19.1 Å². The Morgan fingerprint density at radius 3 is 2.32 bits per heavy atom. The molecule has 138 valence electrons. The first-order chi connectivity index (χ1) is 11.8. The van der Waals surface area contributed by atoms with Crippen molar-refractivity contribution in [2.24, 2.45) is 0 Å². The van der Waals surface area contributed by atoms with Crippen molar-refractivity contribution in [3.8, 4) is 0 Å². The van der Waals surface area contributed by atoms with E-state index in [4.69, 9.17) is 9.47 Å². The number of benzene rings is 1. The Hall–Kier alpha value is -2.08. The van der Waals surface area contributed by atoms with Crippen LogP contribution in [0.5, 0.6) is 0 Å². The van der Waals surface area contributed by atoms with Gasteiger partial charge < -0.3 is 9.47 Å². The van der Waals surface area contributed by atoms with Gasteiger partial charge in [0.15, 0.2) is 0 Å². The van der Waals surface area contributed by atoms with Crippen LogP contribution in [0.2, 0.25) is 0 Å². The zero-order chi connectivity index (χ0) is 18.4. The van der Waals surface area contributed by atoms with Gasteiger partial charge in [-0.1, -0.05) is 24.3 Å². The fourth-order valence-corrected chi connectivity index (χ4v) is 2.58. The largest absolute Gasteiger partial charge is 0.468 e. The third-order valence-electron chi connectivity index (χ3n) is 4.02. The van der Waals surface area contributed by atoms with Gasteiger partial charge in [-0.05, 0) is 51.4 Å². The van der Waals surface area contributed by atoms with E-state index in [1.54, 1.807) is 20.8 Å². The highest BCUT2D eigenvalue weighted by Crippen LogP contribution is 2.19. The summed E-state index contributed by atoms with van der Waals surface area (Å²) in [4.78, 5) is 28.0. The Kier molecular flexibility index (Phi) is 6.42. The van der Waals surface area contributed by atoms with Crippen LogP contribution in [-0.2, 0) is 27.4 Å². The van der Waals surface area contributed by atoms with E-state index in [0.29, 0.717) is 6.54 Å². The molecule has 6 heteroatoms. The molecular weight excluding hydrogens is 320 g/mol. The van der Waals surface area contributed by atoms with E-state index in [1.165, 1.54) is 24.0 Å². The lowest BCUT2D eigenvalue weighted by atomic mass is 10.0. The van der Waals surface area contributed by atoms with Crippen LogP contribution in [0.25, 0.3) is 0 Å². The van der Waals surface area contributed by atoms with Crippen molar-refractivity contribution in [1.29, 1.82) is 0 Å². The van der Waals surface area contributed by atoms with Crippen LogP contribution in [0, 0.1) is 0 Å². The maximum Gasteiger partial charge on any atom is 0.411 e. The molecule has 0 atom stereocenters. The van der Waals surface area contributed by atoms with E-state index in [2.05, 4.69) is 11.0 Å². The molecule has 0 aromatic heterocycles. The van der Waals surface area contributed by atoms with Crippen molar-refractivity contribution in [2.75, 3.05) is 26.7 Å². The average Bonchev–Trinajstić information content (AvgIpc) is 2.49. The summed E-state index contributed by atoms with van der Waals surface area (Å²) in [6.07, 6.45) is 0.714. The van der Waals surface area contributed by atoms with Crippen LogP contribution in [0.3, 0.4) is 0 Å². The Morgan fingerprint density at radius 1 is 1.16 bits per heavy atom. The predicted octanol–water partition coefficient (Wildman–Crippen LogP) is 2.80. The van der Waals surface area contributed by atoms with Gasteiger partial charge in [0.2, 0.25) is 0 Å². The molecule has 1 fully saturated rings. The summed E-state index contributed by atoms with van der Waals surface area (Å²) in [7, 11) is 1.31. The highest BCUT2D eigenvalue weighted by atomic mass is 16.6. The number of carbonyl (C=O) groups is 2. The summed E-state index contributed by atoms with van der Waals surface area (Å²) in [5.41, 5.74) is 1.56. The molecule has 1 aliphatic heterocycles. The molecule has 2 rings (SSSR count). The smallest absolute Gasteiger partial charge is 0.411 e. The van der Waals surface area contributed by atoms with E-state index >= 15 is 0 Å². The molecule has 6 nitrogen and oxygen atoms in total. The third-order valence-corrected chi connectivity index (χ3v) is 4.02. The molecule has 25 heavy (non-hydrogen) atoms. The number of carbonyl (C=O) groups excluding carboxylic acids is 2. The van der Waals surface area contributed by atoms with Gasteiger partial charge in [0, 0.05) is 13.1 Å². The van der Waals surface area contributed by atoms with Crippen molar-refractivity contribution in [2.45, 2.75) is 45.9 Å². The Balaban J connectivity index is 2.14. The number of hydrogen-bond acceptors (Lipinski definition) is 5. The standard InChI is InChI=1S/C19H28N2O4/c1-19(2,3)25-18(23)21(14-17(22)24-4)13-16-9-6-5-8-15(16)12-20-10-7-11-20/h5-6,8-9H,7,10-14H2,1-4H3. The van der Waals surface area contributed by atoms with Gasteiger partial charge in [0.25, 0.3) is 0 Å². The van der Waals surface area contributed by atoms with Crippen LogP contribution < -0.4 is 0 Å². The van der Waals surface area contributed by atoms with Crippen LogP contribution in [-0.4, -0.2) is 54.2 Å². The first-order valence-corrected chi connectivity index (χ1v) is 8.62. The summed E-state index contributed by atoms with van der Waals surface area (Å²) in [5, 5.41) is 0. The number of esters is 1. The molecule has 1 heterocycles. The SMILES string of the molecule is COC(=O)CN(Cc1ccccc1CN1CCC1)C(=O)OC(C)(C)C. The van der Waals surface area contributed by atoms with Crippen molar-refractivity contribution >= 4 is 12.1 Å². The second-order valence-corrected chi connectivity index (χ2v) is 7.31. The number of ether oxygens (including phenoxy) is 2. The van der Waals surface area contributed by atoms with Gasteiger partial charge in [-0.25, -0.2) is 4.79 Å². The topological polar surface area (TPSA) is 59.1 Å². The molecule has 1 aliphatic rings. The molecule has 0 saturated carbocycles. The predicted molar refractivity (Wildman–Crippen MR) is 95.0 cm³/mol. The molecule has 1 saturated heterocycles. The molecular formula is C19H28N2O4. The average molecular weight is 348 g/mol. The highest BCUT2D eigenvalue weighted by molar-refractivity contribution is 5.78. The van der Waals surface area contributed by atoms with E-state index in [9.17, 15) is 9.59 Å². The van der Waals surface area contributed by atoms with E-state index < -0.39 is 17.7 Å². The lowest BCUT2D eigenvalue weighted by molar-refractivity contribution is -0.142. The normalized spacial score (nSPS) is 14.6. The molecule has 0 spiro atoms. The Morgan fingerprint density at radius 2 is 1.80 bits per heavy atom. The van der Waals surface area contributed by atoms with E-state index in [1.807, 2.05) is 18.2 Å². The lowest BCUT2D eigenvalue weighted by Crippen LogP contribution is -2.40. The third kappa shape index (κ3) is 6.05. The maximum atomic E-state index is 12.5. The summed E-state index contributed by atoms with van der Waals surface area (Å²) < 4.78 is 10.2. The summed E-state index contributed by atoms with van der Waals surface area (Å²) in [5.74, 6) is -0.467. The van der Waals surface area contributed by atoms with E-state index in [0.717, 1.165) is 25.2 Å². The van der Waals surface area contributed by atoms with Gasteiger partial charge >= 0.3 is 12.1 Å². The second-order valence-electron chi connectivity index (χ2n) is 7.31. The monoisotopic (exact) mass is 348 g/mol. The van der Waals surface area contributed by atoms with Crippen molar-refractivity contribution in [3.05, 3.63) is 35.4 Å².